The van der Waals surface area contributed by atoms with Crippen LogP contribution in [0.2, 0.25) is 0 Å². The fraction of sp³-hybridized carbons (Fsp3) is 0.500. The predicted molar refractivity (Wildman–Crippen MR) is 67.8 cm³/mol. The Hall–Kier alpha value is -1.71. The molecule has 0 radical (unpaired) electrons. The molecule has 0 heterocycles. The molecule has 0 bridgehead atoms. The minimum atomic E-state index is 0.109. The van der Waals surface area contributed by atoms with Gasteiger partial charge in [-0.25, -0.2) is 0 Å². The number of carbonyl (C=O) groups is 1. The first-order chi connectivity index (χ1) is 8.71. The summed E-state index contributed by atoms with van der Waals surface area (Å²) in [4.78, 5) is 12.4. The van der Waals surface area contributed by atoms with Crippen LogP contribution in [0, 0.1) is 5.92 Å². The molecule has 4 heteroatoms. The van der Waals surface area contributed by atoms with Gasteiger partial charge in [0, 0.05) is 18.1 Å². The second kappa shape index (κ2) is 5.29. The zero-order valence-electron chi connectivity index (χ0n) is 11.0. The maximum absolute atomic E-state index is 12.4. The maximum atomic E-state index is 12.4. The summed E-state index contributed by atoms with van der Waals surface area (Å²) in [6.07, 6.45) is 3.03. The number of hydrogen-bond donors (Lipinski definition) is 0. The van der Waals surface area contributed by atoms with Crippen molar-refractivity contribution < 1.29 is 19.0 Å². The van der Waals surface area contributed by atoms with Gasteiger partial charge in [-0.15, -0.1) is 0 Å². The van der Waals surface area contributed by atoms with E-state index < -0.39 is 0 Å². The molecule has 0 saturated heterocycles. The van der Waals surface area contributed by atoms with Gasteiger partial charge in [0.1, 0.15) is 22.8 Å². The monoisotopic (exact) mass is 250 g/mol. The molecule has 0 aromatic heterocycles. The molecular weight excluding hydrogens is 232 g/mol. The molecule has 0 N–H and O–H groups in total. The Labute approximate surface area is 107 Å². The van der Waals surface area contributed by atoms with Gasteiger partial charge in [0.05, 0.1) is 21.3 Å². The number of benzene rings is 1. The first kappa shape index (κ1) is 12.7. The van der Waals surface area contributed by atoms with E-state index in [1.807, 2.05) is 0 Å². The van der Waals surface area contributed by atoms with Crippen LogP contribution in [-0.2, 0) is 0 Å². The van der Waals surface area contributed by atoms with Crippen LogP contribution >= 0.6 is 0 Å². The van der Waals surface area contributed by atoms with E-state index in [-0.39, 0.29) is 11.7 Å². The van der Waals surface area contributed by atoms with Gasteiger partial charge in [-0.2, -0.15) is 0 Å². The van der Waals surface area contributed by atoms with Gasteiger partial charge in [-0.05, 0) is 12.8 Å². The topological polar surface area (TPSA) is 44.8 Å². The quantitative estimate of drug-likeness (QED) is 0.754. The molecule has 18 heavy (non-hydrogen) atoms. The molecule has 0 unspecified atom stereocenters. The number of ether oxygens (including phenoxy) is 3. The lowest BCUT2D eigenvalue weighted by Gasteiger charge is -2.25. The summed E-state index contributed by atoms with van der Waals surface area (Å²) in [6.45, 7) is 0. The van der Waals surface area contributed by atoms with Crippen molar-refractivity contribution in [2.45, 2.75) is 19.3 Å². The average Bonchev–Trinajstić information content (AvgIpc) is 2.34. The maximum Gasteiger partial charge on any atom is 0.173 e. The van der Waals surface area contributed by atoms with Crippen molar-refractivity contribution in [3.63, 3.8) is 0 Å². The molecule has 1 aromatic carbocycles. The Morgan fingerprint density at radius 1 is 1.06 bits per heavy atom. The summed E-state index contributed by atoms with van der Waals surface area (Å²) >= 11 is 0. The number of methoxy groups -OCH3 is 3. The molecule has 0 aliphatic heterocycles. The summed E-state index contributed by atoms with van der Waals surface area (Å²) < 4.78 is 15.7. The normalized spacial score (nSPS) is 14.8. The SMILES string of the molecule is COc1cc(OC)c(C(=O)C2CCC2)c(OC)c1. The van der Waals surface area contributed by atoms with E-state index in [0.29, 0.717) is 22.8 Å². The third kappa shape index (κ3) is 2.15. The third-order valence-electron chi connectivity index (χ3n) is 3.44. The summed E-state index contributed by atoms with van der Waals surface area (Å²) in [5.74, 6) is 1.87. The van der Waals surface area contributed by atoms with E-state index in [4.69, 9.17) is 14.2 Å². The molecule has 1 aliphatic carbocycles. The first-order valence-electron chi connectivity index (χ1n) is 6.05. The Balaban J connectivity index is 2.45. The van der Waals surface area contributed by atoms with E-state index >= 15 is 0 Å². The highest BCUT2D eigenvalue weighted by atomic mass is 16.5. The fourth-order valence-electron chi connectivity index (χ4n) is 2.12. The third-order valence-corrected chi connectivity index (χ3v) is 3.44. The van der Waals surface area contributed by atoms with Crippen LogP contribution in [0.5, 0.6) is 17.2 Å². The van der Waals surface area contributed by atoms with Crippen LogP contribution in [0.3, 0.4) is 0 Å². The van der Waals surface area contributed by atoms with Crippen molar-refractivity contribution in [1.29, 1.82) is 0 Å². The second-order valence-corrected chi connectivity index (χ2v) is 4.40. The first-order valence-corrected chi connectivity index (χ1v) is 6.05. The summed E-state index contributed by atoms with van der Waals surface area (Å²) in [7, 11) is 4.67. The lowest BCUT2D eigenvalue weighted by atomic mass is 9.79. The van der Waals surface area contributed by atoms with Crippen LogP contribution in [0.25, 0.3) is 0 Å². The molecule has 2 rings (SSSR count). The molecule has 1 aliphatic rings. The zero-order chi connectivity index (χ0) is 13.1. The van der Waals surface area contributed by atoms with Gasteiger partial charge in [0.25, 0.3) is 0 Å². The van der Waals surface area contributed by atoms with Gasteiger partial charge in [0.15, 0.2) is 5.78 Å². The predicted octanol–water partition coefficient (Wildman–Crippen LogP) is 2.70. The van der Waals surface area contributed by atoms with E-state index in [1.165, 1.54) is 0 Å². The number of ketones is 1. The minimum Gasteiger partial charge on any atom is -0.496 e. The molecule has 1 aromatic rings. The highest BCUT2D eigenvalue weighted by Gasteiger charge is 2.31. The van der Waals surface area contributed by atoms with Crippen LogP contribution in [0.15, 0.2) is 12.1 Å². The highest BCUT2D eigenvalue weighted by molar-refractivity contribution is 6.03. The molecule has 0 amide bonds. The van der Waals surface area contributed by atoms with Gasteiger partial charge >= 0.3 is 0 Å². The lowest BCUT2D eigenvalue weighted by Crippen LogP contribution is -2.23. The number of Topliss-reactive ketones (excluding diaryl/α,β-unsaturated/α-hetero) is 1. The molecule has 0 spiro atoms. The Kier molecular flexibility index (Phi) is 3.75. The van der Waals surface area contributed by atoms with Crippen molar-refractivity contribution >= 4 is 5.78 Å². The second-order valence-electron chi connectivity index (χ2n) is 4.40. The van der Waals surface area contributed by atoms with E-state index in [9.17, 15) is 4.79 Å². The standard InChI is InChI=1S/C14H18O4/c1-16-10-7-11(17-2)13(12(8-10)18-3)14(15)9-5-4-6-9/h7-9H,4-6H2,1-3H3. The van der Waals surface area contributed by atoms with Crippen LogP contribution in [0.4, 0.5) is 0 Å². The van der Waals surface area contributed by atoms with Crippen molar-refractivity contribution in [3.05, 3.63) is 17.7 Å². The fourth-order valence-corrected chi connectivity index (χ4v) is 2.12. The molecule has 98 valence electrons. The van der Waals surface area contributed by atoms with E-state index in [1.54, 1.807) is 33.5 Å². The number of rotatable bonds is 5. The van der Waals surface area contributed by atoms with Crippen molar-refractivity contribution in [2.24, 2.45) is 5.92 Å². The Morgan fingerprint density at radius 2 is 1.61 bits per heavy atom. The van der Waals surface area contributed by atoms with Crippen LogP contribution < -0.4 is 14.2 Å². The van der Waals surface area contributed by atoms with Crippen LogP contribution in [-0.4, -0.2) is 27.1 Å². The van der Waals surface area contributed by atoms with E-state index in [2.05, 4.69) is 0 Å². The lowest BCUT2D eigenvalue weighted by molar-refractivity contribution is 0.0848. The van der Waals surface area contributed by atoms with Crippen molar-refractivity contribution in [3.8, 4) is 17.2 Å². The summed E-state index contributed by atoms with van der Waals surface area (Å²) in [5, 5.41) is 0. The van der Waals surface area contributed by atoms with Crippen molar-refractivity contribution in [1.82, 2.24) is 0 Å². The molecular formula is C14H18O4. The molecule has 1 saturated carbocycles. The Morgan fingerprint density at radius 3 is 1.94 bits per heavy atom. The molecule has 4 nitrogen and oxygen atoms in total. The van der Waals surface area contributed by atoms with E-state index in [0.717, 1.165) is 19.3 Å². The van der Waals surface area contributed by atoms with Crippen molar-refractivity contribution in [2.75, 3.05) is 21.3 Å². The highest BCUT2D eigenvalue weighted by Crippen LogP contribution is 2.39. The molecule has 0 atom stereocenters. The Bertz CT molecular complexity index is 424. The number of carbonyl (C=O) groups excluding carboxylic acids is 1. The minimum absolute atomic E-state index is 0.109. The van der Waals surface area contributed by atoms with Gasteiger partial charge in [-0.1, -0.05) is 6.42 Å². The number of hydrogen-bond acceptors (Lipinski definition) is 4. The molecule has 1 fully saturated rings. The average molecular weight is 250 g/mol. The summed E-state index contributed by atoms with van der Waals surface area (Å²) in [5.41, 5.74) is 0.533. The summed E-state index contributed by atoms with van der Waals surface area (Å²) in [6, 6.07) is 3.43. The largest absolute Gasteiger partial charge is 0.496 e. The van der Waals surface area contributed by atoms with Crippen LogP contribution in [0.1, 0.15) is 29.6 Å². The van der Waals surface area contributed by atoms with Gasteiger partial charge in [-0.3, -0.25) is 4.79 Å². The van der Waals surface area contributed by atoms with Gasteiger partial charge < -0.3 is 14.2 Å². The smallest absolute Gasteiger partial charge is 0.173 e. The van der Waals surface area contributed by atoms with Gasteiger partial charge in [0.2, 0.25) is 0 Å². The zero-order valence-corrected chi connectivity index (χ0v) is 11.0.